The summed E-state index contributed by atoms with van der Waals surface area (Å²) in [5.41, 5.74) is 0.197. The standard InChI is InChI=1S/C18H27NO3S/c1-13(2)15-8-9-18(20)10-11-19(17(18)12-15)23(21,22)16-6-4-14(3)5-7-16/h4-7,13,15,17,20H,8-12H2,1-3H3/t15-,17?,18?/m0/s1. The Morgan fingerprint density at radius 2 is 1.87 bits per heavy atom. The van der Waals surface area contributed by atoms with Gasteiger partial charge in [0.1, 0.15) is 0 Å². The molecule has 0 amide bonds. The van der Waals surface area contributed by atoms with E-state index in [1.54, 1.807) is 16.4 Å². The van der Waals surface area contributed by atoms with Crippen LogP contribution >= 0.6 is 0 Å². The maximum Gasteiger partial charge on any atom is 0.243 e. The molecule has 128 valence electrons. The second kappa shape index (κ2) is 5.87. The molecule has 0 bridgehead atoms. The molecular formula is C18H27NO3S. The Kier molecular flexibility index (Phi) is 4.32. The van der Waals surface area contributed by atoms with Crippen LogP contribution in [-0.4, -0.2) is 36.0 Å². The minimum absolute atomic E-state index is 0.282. The number of sulfonamides is 1. The van der Waals surface area contributed by atoms with Gasteiger partial charge in [-0.2, -0.15) is 4.31 Å². The second-order valence-electron chi connectivity index (χ2n) is 7.58. The highest BCUT2D eigenvalue weighted by molar-refractivity contribution is 7.89. The molecule has 0 aromatic heterocycles. The van der Waals surface area contributed by atoms with Crippen molar-refractivity contribution in [3.05, 3.63) is 29.8 Å². The minimum atomic E-state index is -3.54. The van der Waals surface area contributed by atoms with Crippen molar-refractivity contribution in [2.75, 3.05) is 6.54 Å². The van der Waals surface area contributed by atoms with Crippen LogP contribution in [-0.2, 0) is 10.0 Å². The van der Waals surface area contributed by atoms with E-state index in [1.165, 1.54) is 0 Å². The molecular weight excluding hydrogens is 310 g/mol. The van der Waals surface area contributed by atoms with E-state index in [2.05, 4.69) is 13.8 Å². The second-order valence-corrected chi connectivity index (χ2v) is 9.47. The molecule has 0 radical (unpaired) electrons. The number of aliphatic hydroxyl groups is 1. The van der Waals surface area contributed by atoms with Crippen LogP contribution in [0.15, 0.2) is 29.2 Å². The predicted octanol–water partition coefficient (Wildman–Crippen LogP) is 2.95. The molecule has 1 saturated heterocycles. The molecule has 1 saturated carbocycles. The van der Waals surface area contributed by atoms with Crippen LogP contribution < -0.4 is 0 Å². The molecule has 1 aromatic rings. The third-order valence-electron chi connectivity index (χ3n) is 5.78. The van der Waals surface area contributed by atoms with Crippen molar-refractivity contribution < 1.29 is 13.5 Å². The highest BCUT2D eigenvalue weighted by atomic mass is 32.2. The van der Waals surface area contributed by atoms with Crippen LogP contribution in [0.25, 0.3) is 0 Å². The summed E-state index contributed by atoms with van der Waals surface area (Å²) in [5.74, 6) is 0.998. The Balaban J connectivity index is 1.91. The average Bonchev–Trinajstić information content (AvgIpc) is 2.84. The van der Waals surface area contributed by atoms with E-state index in [4.69, 9.17) is 0 Å². The summed E-state index contributed by atoms with van der Waals surface area (Å²) in [7, 11) is -3.54. The van der Waals surface area contributed by atoms with Crippen LogP contribution in [0.3, 0.4) is 0 Å². The molecule has 0 spiro atoms. The topological polar surface area (TPSA) is 57.6 Å². The molecule has 2 fully saturated rings. The normalized spacial score (nSPS) is 32.2. The fraction of sp³-hybridized carbons (Fsp3) is 0.667. The molecule has 3 rings (SSSR count). The third kappa shape index (κ3) is 2.94. The first-order valence-electron chi connectivity index (χ1n) is 8.55. The van der Waals surface area contributed by atoms with Gasteiger partial charge in [-0.25, -0.2) is 8.42 Å². The maximum atomic E-state index is 13.0. The van der Waals surface area contributed by atoms with Crippen LogP contribution in [0.4, 0.5) is 0 Å². The monoisotopic (exact) mass is 337 g/mol. The first-order chi connectivity index (χ1) is 10.7. The lowest BCUT2D eigenvalue weighted by Gasteiger charge is -2.42. The van der Waals surface area contributed by atoms with Crippen molar-refractivity contribution in [3.8, 4) is 0 Å². The van der Waals surface area contributed by atoms with Gasteiger partial charge in [0.2, 0.25) is 10.0 Å². The van der Waals surface area contributed by atoms with E-state index in [-0.39, 0.29) is 6.04 Å². The van der Waals surface area contributed by atoms with E-state index in [0.29, 0.717) is 36.1 Å². The van der Waals surface area contributed by atoms with Gasteiger partial charge in [0.05, 0.1) is 16.5 Å². The molecule has 1 aromatic carbocycles. The summed E-state index contributed by atoms with van der Waals surface area (Å²) in [6, 6.07) is 6.71. The van der Waals surface area contributed by atoms with Crippen molar-refractivity contribution in [1.82, 2.24) is 4.31 Å². The molecule has 4 nitrogen and oxygen atoms in total. The molecule has 5 heteroatoms. The Bertz CT molecular complexity index is 668. The third-order valence-corrected chi connectivity index (χ3v) is 7.70. The minimum Gasteiger partial charge on any atom is -0.388 e. The zero-order valence-electron chi connectivity index (χ0n) is 14.2. The van der Waals surface area contributed by atoms with E-state index < -0.39 is 15.6 Å². The van der Waals surface area contributed by atoms with Gasteiger partial charge < -0.3 is 5.11 Å². The average molecular weight is 337 g/mol. The Labute approximate surface area is 139 Å². The molecule has 1 aliphatic heterocycles. The lowest BCUT2D eigenvalue weighted by Crippen LogP contribution is -2.51. The highest BCUT2D eigenvalue weighted by Gasteiger charge is 2.53. The number of nitrogens with zero attached hydrogens (tertiary/aromatic N) is 1. The zero-order chi connectivity index (χ0) is 16.8. The smallest absolute Gasteiger partial charge is 0.243 e. The van der Waals surface area contributed by atoms with Gasteiger partial charge in [-0.3, -0.25) is 0 Å². The van der Waals surface area contributed by atoms with Gasteiger partial charge in [-0.1, -0.05) is 31.5 Å². The van der Waals surface area contributed by atoms with E-state index in [0.717, 1.165) is 18.4 Å². The first-order valence-corrected chi connectivity index (χ1v) is 9.99. The summed E-state index contributed by atoms with van der Waals surface area (Å²) in [6.07, 6.45) is 3.01. The number of fused-ring (bicyclic) bond motifs is 1. The molecule has 1 N–H and O–H groups in total. The molecule has 1 heterocycles. The number of rotatable bonds is 3. The number of hydrogen-bond acceptors (Lipinski definition) is 3. The number of benzene rings is 1. The van der Waals surface area contributed by atoms with Crippen LogP contribution in [0.5, 0.6) is 0 Å². The lowest BCUT2D eigenvalue weighted by molar-refractivity contribution is -0.0329. The molecule has 3 atom stereocenters. The van der Waals surface area contributed by atoms with E-state index >= 15 is 0 Å². The Morgan fingerprint density at radius 1 is 1.22 bits per heavy atom. The van der Waals surface area contributed by atoms with Crippen LogP contribution in [0.2, 0.25) is 0 Å². The van der Waals surface area contributed by atoms with Gasteiger partial charge in [-0.15, -0.1) is 0 Å². The first kappa shape index (κ1) is 16.9. The van der Waals surface area contributed by atoms with Gasteiger partial charge >= 0.3 is 0 Å². The fourth-order valence-corrected chi connectivity index (χ4v) is 5.80. The lowest BCUT2D eigenvalue weighted by atomic mass is 9.72. The van der Waals surface area contributed by atoms with Crippen molar-refractivity contribution in [2.45, 2.75) is 63.0 Å². The zero-order valence-corrected chi connectivity index (χ0v) is 15.0. The van der Waals surface area contributed by atoms with Gasteiger partial charge in [-0.05, 0) is 56.6 Å². The van der Waals surface area contributed by atoms with Crippen molar-refractivity contribution in [3.63, 3.8) is 0 Å². The largest absolute Gasteiger partial charge is 0.388 e. The summed E-state index contributed by atoms with van der Waals surface area (Å²) in [4.78, 5) is 0.332. The predicted molar refractivity (Wildman–Crippen MR) is 90.6 cm³/mol. The van der Waals surface area contributed by atoms with E-state index in [9.17, 15) is 13.5 Å². The Morgan fingerprint density at radius 3 is 2.48 bits per heavy atom. The molecule has 23 heavy (non-hydrogen) atoms. The van der Waals surface area contributed by atoms with Crippen molar-refractivity contribution in [1.29, 1.82) is 0 Å². The van der Waals surface area contributed by atoms with Crippen molar-refractivity contribution >= 4 is 10.0 Å². The van der Waals surface area contributed by atoms with Crippen molar-refractivity contribution in [2.24, 2.45) is 11.8 Å². The molecule has 1 aliphatic carbocycles. The number of hydrogen-bond donors (Lipinski definition) is 1. The highest BCUT2D eigenvalue weighted by Crippen LogP contribution is 2.45. The number of aryl methyl sites for hydroxylation is 1. The summed E-state index contributed by atoms with van der Waals surface area (Å²) >= 11 is 0. The van der Waals surface area contributed by atoms with Gasteiger partial charge in [0.25, 0.3) is 0 Å². The Hall–Kier alpha value is -0.910. The van der Waals surface area contributed by atoms with Gasteiger partial charge in [0, 0.05) is 6.54 Å². The SMILES string of the molecule is Cc1ccc(S(=O)(=O)N2CCC3(O)CC[C@H](C(C)C)CC23)cc1. The maximum absolute atomic E-state index is 13.0. The summed E-state index contributed by atoms with van der Waals surface area (Å²) in [5, 5.41) is 10.9. The van der Waals surface area contributed by atoms with Crippen LogP contribution in [0, 0.1) is 18.8 Å². The van der Waals surface area contributed by atoms with Crippen LogP contribution in [0.1, 0.15) is 45.1 Å². The fourth-order valence-electron chi connectivity index (χ4n) is 4.10. The molecule has 2 unspecified atom stereocenters. The summed E-state index contributed by atoms with van der Waals surface area (Å²) < 4.78 is 27.6. The summed E-state index contributed by atoms with van der Waals surface area (Å²) in [6.45, 7) is 6.73. The quantitative estimate of drug-likeness (QED) is 0.922. The molecule has 2 aliphatic rings. The van der Waals surface area contributed by atoms with E-state index in [1.807, 2.05) is 19.1 Å². The van der Waals surface area contributed by atoms with Gasteiger partial charge in [0.15, 0.2) is 0 Å².